The number of amides is 1. The normalized spacial score (nSPS) is 17.6. The summed E-state index contributed by atoms with van der Waals surface area (Å²) in [6.45, 7) is 8.06. The summed E-state index contributed by atoms with van der Waals surface area (Å²) in [5.74, 6) is 1.30. The summed E-state index contributed by atoms with van der Waals surface area (Å²) in [4.78, 5) is 22.4. The van der Waals surface area contributed by atoms with Gasteiger partial charge in [0.25, 0.3) is 0 Å². The molecule has 1 amide bonds. The zero-order valence-corrected chi connectivity index (χ0v) is 17.0. The van der Waals surface area contributed by atoms with Crippen LogP contribution < -0.4 is 15.4 Å². The second-order valence-electron chi connectivity index (χ2n) is 7.21. The van der Waals surface area contributed by atoms with Gasteiger partial charge >= 0.3 is 6.09 Å². The average molecular weight is 398 g/mol. The first-order chi connectivity index (χ1) is 12.8. The van der Waals surface area contributed by atoms with Crippen molar-refractivity contribution in [1.82, 2.24) is 20.5 Å². The lowest BCUT2D eigenvalue weighted by molar-refractivity contribution is 0.0507. The summed E-state index contributed by atoms with van der Waals surface area (Å²) in [6.07, 6.45) is 2.00. The first-order valence-corrected chi connectivity index (χ1v) is 9.34. The predicted octanol–water partition coefficient (Wildman–Crippen LogP) is 2.29. The van der Waals surface area contributed by atoms with Crippen LogP contribution in [-0.4, -0.2) is 66.9 Å². The second-order valence-corrected chi connectivity index (χ2v) is 7.65. The molecule has 2 N–H and O–H groups in total. The predicted molar refractivity (Wildman–Crippen MR) is 105 cm³/mol. The maximum atomic E-state index is 11.9. The number of aromatic nitrogens is 1. The summed E-state index contributed by atoms with van der Waals surface area (Å²) in [7, 11) is 1.73. The number of nitrogens with zero attached hydrogens (tertiary/aromatic N) is 3. The van der Waals surface area contributed by atoms with Crippen LogP contribution >= 0.6 is 11.6 Å². The van der Waals surface area contributed by atoms with E-state index in [0.717, 1.165) is 18.9 Å². The van der Waals surface area contributed by atoms with Crippen LogP contribution in [0.4, 0.5) is 4.79 Å². The van der Waals surface area contributed by atoms with Crippen LogP contribution in [0.2, 0.25) is 5.02 Å². The quantitative estimate of drug-likeness (QED) is 0.450. The number of guanidine groups is 1. The highest BCUT2D eigenvalue weighted by atomic mass is 35.5. The molecule has 27 heavy (non-hydrogen) atoms. The molecule has 0 aromatic carbocycles. The standard InChI is InChI=1S/C18H28ClN5O3/c1-18(2,3)27-17(25)23-14-7-9-24(12-14)16(20-4)21-8-10-26-15-6-5-13(19)11-22-15/h5-6,11,14H,7-10,12H2,1-4H3,(H,20,21)(H,23,25)/t14-/m1/s1. The van der Waals surface area contributed by atoms with Gasteiger partial charge in [0.05, 0.1) is 17.6 Å². The third kappa shape index (κ3) is 7.50. The molecule has 0 radical (unpaired) electrons. The SMILES string of the molecule is CN=C(NCCOc1ccc(Cl)cn1)N1CC[C@@H](NC(=O)OC(C)(C)C)C1. The van der Waals surface area contributed by atoms with Crippen LogP contribution in [0.5, 0.6) is 5.88 Å². The van der Waals surface area contributed by atoms with E-state index in [1.165, 1.54) is 0 Å². The van der Waals surface area contributed by atoms with E-state index in [0.29, 0.717) is 30.6 Å². The molecule has 1 aromatic rings. The second kappa shape index (κ2) is 9.64. The Balaban J connectivity index is 1.71. The van der Waals surface area contributed by atoms with Crippen molar-refractivity contribution < 1.29 is 14.3 Å². The zero-order valence-electron chi connectivity index (χ0n) is 16.3. The lowest BCUT2D eigenvalue weighted by Gasteiger charge is -2.23. The van der Waals surface area contributed by atoms with Gasteiger partial charge in [-0.15, -0.1) is 0 Å². The van der Waals surface area contributed by atoms with Crippen molar-refractivity contribution in [3.63, 3.8) is 0 Å². The van der Waals surface area contributed by atoms with Crippen LogP contribution in [-0.2, 0) is 4.74 Å². The summed E-state index contributed by atoms with van der Waals surface area (Å²) in [5.41, 5.74) is -0.501. The smallest absolute Gasteiger partial charge is 0.407 e. The Kier molecular flexibility index (Phi) is 7.53. The number of aliphatic imine (C=N–C) groups is 1. The molecule has 1 saturated heterocycles. The van der Waals surface area contributed by atoms with Gasteiger partial charge in [-0.1, -0.05) is 11.6 Å². The molecule has 8 nitrogen and oxygen atoms in total. The summed E-state index contributed by atoms with van der Waals surface area (Å²) >= 11 is 5.79. The molecule has 1 atom stereocenters. The highest BCUT2D eigenvalue weighted by Crippen LogP contribution is 2.13. The van der Waals surface area contributed by atoms with Crippen LogP contribution in [0, 0.1) is 0 Å². The highest BCUT2D eigenvalue weighted by Gasteiger charge is 2.27. The fourth-order valence-corrected chi connectivity index (χ4v) is 2.75. The topological polar surface area (TPSA) is 88.1 Å². The van der Waals surface area contributed by atoms with Crippen molar-refractivity contribution in [3.8, 4) is 5.88 Å². The van der Waals surface area contributed by atoms with Crippen LogP contribution in [0.1, 0.15) is 27.2 Å². The molecule has 1 aliphatic rings. The first kappa shape index (κ1) is 21.1. The van der Waals surface area contributed by atoms with E-state index >= 15 is 0 Å². The number of hydrogen-bond donors (Lipinski definition) is 2. The number of ether oxygens (including phenoxy) is 2. The van der Waals surface area contributed by atoms with E-state index in [-0.39, 0.29) is 12.1 Å². The molecule has 1 aromatic heterocycles. The van der Waals surface area contributed by atoms with E-state index in [4.69, 9.17) is 21.1 Å². The molecule has 1 aliphatic heterocycles. The fraction of sp³-hybridized carbons (Fsp3) is 0.611. The lowest BCUT2D eigenvalue weighted by Crippen LogP contribution is -2.45. The zero-order chi connectivity index (χ0) is 19.9. The largest absolute Gasteiger partial charge is 0.476 e. The summed E-state index contributed by atoms with van der Waals surface area (Å²) in [6, 6.07) is 3.50. The van der Waals surface area contributed by atoms with Gasteiger partial charge in [-0.2, -0.15) is 0 Å². The molecule has 150 valence electrons. The Bertz CT molecular complexity index is 645. The molecular weight excluding hydrogens is 370 g/mol. The molecule has 0 aliphatic carbocycles. The monoisotopic (exact) mass is 397 g/mol. The Morgan fingerprint density at radius 1 is 1.44 bits per heavy atom. The van der Waals surface area contributed by atoms with Gasteiger partial charge in [0.1, 0.15) is 12.2 Å². The molecule has 2 rings (SSSR count). The van der Waals surface area contributed by atoms with Gasteiger partial charge in [-0.25, -0.2) is 9.78 Å². The average Bonchev–Trinajstić information content (AvgIpc) is 3.03. The number of rotatable bonds is 5. The Labute approximate surface area is 165 Å². The van der Waals surface area contributed by atoms with Crippen molar-refractivity contribution >= 4 is 23.7 Å². The van der Waals surface area contributed by atoms with Crippen molar-refractivity contribution in [3.05, 3.63) is 23.4 Å². The molecule has 9 heteroatoms. The first-order valence-electron chi connectivity index (χ1n) is 8.96. The minimum absolute atomic E-state index is 0.0351. The number of carbonyl (C=O) groups excluding carboxylic acids is 1. The van der Waals surface area contributed by atoms with Crippen molar-refractivity contribution in [2.75, 3.05) is 33.3 Å². The van der Waals surface area contributed by atoms with Crippen LogP contribution in [0.15, 0.2) is 23.3 Å². The number of nitrogens with one attached hydrogen (secondary N) is 2. The van der Waals surface area contributed by atoms with Crippen LogP contribution in [0.25, 0.3) is 0 Å². The highest BCUT2D eigenvalue weighted by molar-refractivity contribution is 6.30. The molecule has 0 bridgehead atoms. The Hall–Kier alpha value is -2.22. The molecule has 0 saturated carbocycles. The minimum atomic E-state index is -0.501. The lowest BCUT2D eigenvalue weighted by atomic mass is 10.2. The summed E-state index contributed by atoms with van der Waals surface area (Å²) < 4.78 is 10.9. The van der Waals surface area contributed by atoms with Gasteiger partial charge in [0, 0.05) is 32.4 Å². The van der Waals surface area contributed by atoms with Gasteiger partial charge in [-0.3, -0.25) is 4.99 Å². The number of hydrogen-bond acceptors (Lipinski definition) is 5. The molecule has 2 heterocycles. The van der Waals surface area contributed by atoms with Crippen LogP contribution in [0.3, 0.4) is 0 Å². The van der Waals surface area contributed by atoms with Crippen molar-refractivity contribution in [2.24, 2.45) is 4.99 Å². The number of likely N-dealkylation sites (tertiary alicyclic amines) is 1. The van der Waals surface area contributed by atoms with E-state index in [9.17, 15) is 4.79 Å². The van der Waals surface area contributed by atoms with Gasteiger partial charge in [0.15, 0.2) is 5.96 Å². The number of alkyl carbamates (subject to hydrolysis) is 1. The Morgan fingerprint density at radius 2 is 2.22 bits per heavy atom. The fourth-order valence-electron chi connectivity index (χ4n) is 2.64. The van der Waals surface area contributed by atoms with Gasteiger partial charge in [0.2, 0.25) is 5.88 Å². The van der Waals surface area contributed by atoms with Crippen molar-refractivity contribution in [1.29, 1.82) is 0 Å². The van der Waals surface area contributed by atoms with E-state index in [2.05, 4.69) is 25.5 Å². The van der Waals surface area contributed by atoms with E-state index < -0.39 is 5.60 Å². The minimum Gasteiger partial charge on any atom is -0.476 e. The Morgan fingerprint density at radius 3 is 2.85 bits per heavy atom. The molecule has 0 spiro atoms. The molecule has 1 fully saturated rings. The summed E-state index contributed by atoms with van der Waals surface area (Å²) in [5, 5.41) is 6.74. The maximum absolute atomic E-state index is 11.9. The third-order valence-electron chi connectivity index (χ3n) is 3.76. The van der Waals surface area contributed by atoms with E-state index in [1.807, 2.05) is 20.8 Å². The van der Waals surface area contributed by atoms with Crippen molar-refractivity contribution in [2.45, 2.75) is 38.8 Å². The number of carbonyl (C=O) groups is 1. The van der Waals surface area contributed by atoms with Gasteiger partial charge in [-0.05, 0) is 33.3 Å². The molecular formula is C18H28ClN5O3. The maximum Gasteiger partial charge on any atom is 0.407 e. The van der Waals surface area contributed by atoms with Gasteiger partial charge < -0.3 is 25.0 Å². The number of pyridine rings is 1. The third-order valence-corrected chi connectivity index (χ3v) is 3.98. The molecule has 0 unspecified atom stereocenters. The number of halogens is 1. The van der Waals surface area contributed by atoms with E-state index in [1.54, 1.807) is 25.4 Å².